The number of anilines is 3. The van der Waals surface area contributed by atoms with Gasteiger partial charge < -0.3 is 9.47 Å². The molecule has 50 heavy (non-hydrogen) atoms. The summed E-state index contributed by atoms with van der Waals surface area (Å²) < 4.78 is 2.41. The van der Waals surface area contributed by atoms with Crippen molar-refractivity contribution in [2.75, 3.05) is 4.90 Å². The van der Waals surface area contributed by atoms with Gasteiger partial charge in [-0.25, -0.2) is 0 Å². The maximum atomic E-state index is 2.41. The molecule has 0 aliphatic heterocycles. The van der Waals surface area contributed by atoms with Crippen molar-refractivity contribution >= 4 is 38.9 Å². The third-order valence-corrected chi connectivity index (χ3v) is 9.62. The van der Waals surface area contributed by atoms with E-state index >= 15 is 0 Å². The van der Waals surface area contributed by atoms with E-state index in [0.29, 0.717) is 0 Å². The molecule has 0 aliphatic carbocycles. The quantitative estimate of drug-likeness (QED) is 0.169. The Morgan fingerprint density at radius 3 is 1.34 bits per heavy atom. The van der Waals surface area contributed by atoms with Gasteiger partial charge in [0.15, 0.2) is 0 Å². The summed E-state index contributed by atoms with van der Waals surface area (Å²) in [7, 11) is 0. The van der Waals surface area contributed by atoms with E-state index in [4.69, 9.17) is 0 Å². The first-order valence-corrected chi connectivity index (χ1v) is 17.1. The van der Waals surface area contributed by atoms with Gasteiger partial charge in [-0.2, -0.15) is 0 Å². The Kier molecular flexibility index (Phi) is 7.53. The summed E-state index contributed by atoms with van der Waals surface area (Å²) in [6.45, 7) is 0. The van der Waals surface area contributed by atoms with E-state index in [0.717, 1.165) is 17.1 Å². The number of hydrogen-bond donors (Lipinski definition) is 0. The van der Waals surface area contributed by atoms with Crippen molar-refractivity contribution < 1.29 is 0 Å². The summed E-state index contributed by atoms with van der Waals surface area (Å²) in [6, 6.07) is 74.0. The first-order chi connectivity index (χ1) is 24.8. The Labute approximate surface area is 292 Å². The highest BCUT2D eigenvalue weighted by molar-refractivity contribution is 6.09. The molecule has 9 aromatic rings. The summed E-state index contributed by atoms with van der Waals surface area (Å²) in [5, 5.41) is 2.53. The average Bonchev–Trinajstić information content (AvgIpc) is 3.54. The van der Waals surface area contributed by atoms with Crippen LogP contribution in [0.1, 0.15) is 0 Å². The van der Waals surface area contributed by atoms with Crippen LogP contribution in [0.25, 0.3) is 60.9 Å². The summed E-state index contributed by atoms with van der Waals surface area (Å²) in [6.07, 6.45) is 0. The maximum absolute atomic E-state index is 2.41. The van der Waals surface area contributed by atoms with E-state index in [1.165, 1.54) is 60.9 Å². The molecule has 0 unspecified atom stereocenters. The fraction of sp³-hybridized carbons (Fsp3) is 0. The first-order valence-electron chi connectivity index (χ1n) is 17.1. The van der Waals surface area contributed by atoms with Crippen molar-refractivity contribution in [3.8, 4) is 39.1 Å². The lowest BCUT2D eigenvalue weighted by molar-refractivity contribution is 1.18. The van der Waals surface area contributed by atoms with Crippen LogP contribution in [0.3, 0.4) is 0 Å². The average molecular weight is 639 g/mol. The Bertz CT molecular complexity index is 2510. The van der Waals surface area contributed by atoms with Crippen LogP contribution in [0.4, 0.5) is 17.1 Å². The number of benzene rings is 8. The molecule has 0 saturated heterocycles. The molecule has 0 radical (unpaired) electrons. The highest BCUT2D eigenvalue weighted by atomic mass is 15.1. The van der Waals surface area contributed by atoms with Gasteiger partial charge in [0.2, 0.25) is 0 Å². The van der Waals surface area contributed by atoms with Crippen LogP contribution in [-0.2, 0) is 0 Å². The third-order valence-electron chi connectivity index (χ3n) is 9.62. The van der Waals surface area contributed by atoms with Crippen molar-refractivity contribution in [3.05, 3.63) is 206 Å². The molecule has 0 N–H and O–H groups in total. The Morgan fingerprint density at radius 1 is 0.300 bits per heavy atom. The standard InChI is InChI=1S/C48H34N2/c1-3-15-35(16-4-1)36-27-31-39(32-28-36)49(45-23-11-7-19-41(45)37-17-5-2-6-18-37)40-33-29-38(30-34-40)42-20-8-12-24-46(42)50-47-25-13-9-21-43(47)44-22-10-14-26-48(44)50/h1-34H. The highest BCUT2D eigenvalue weighted by Crippen LogP contribution is 2.42. The number of nitrogens with zero attached hydrogens (tertiary/aromatic N) is 2. The number of aromatic nitrogens is 1. The third kappa shape index (κ3) is 5.24. The van der Waals surface area contributed by atoms with Crippen molar-refractivity contribution in [2.45, 2.75) is 0 Å². The predicted octanol–water partition coefficient (Wildman–Crippen LogP) is 13.3. The molecule has 236 valence electrons. The summed E-state index contributed by atoms with van der Waals surface area (Å²) in [5.74, 6) is 0. The maximum Gasteiger partial charge on any atom is 0.0541 e. The van der Waals surface area contributed by atoms with Gasteiger partial charge in [0.05, 0.1) is 22.4 Å². The van der Waals surface area contributed by atoms with Gasteiger partial charge in [-0.1, -0.05) is 158 Å². The Morgan fingerprint density at radius 2 is 0.720 bits per heavy atom. The molecule has 0 saturated carbocycles. The van der Waals surface area contributed by atoms with Crippen LogP contribution in [0.5, 0.6) is 0 Å². The van der Waals surface area contributed by atoms with E-state index < -0.39 is 0 Å². The first kappa shape index (κ1) is 29.5. The molecule has 0 amide bonds. The van der Waals surface area contributed by atoms with Crippen LogP contribution in [0.15, 0.2) is 206 Å². The Hall–Kier alpha value is -6.64. The molecule has 8 aromatic carbocycles. The second-order valence-corrected chi connectivity index (χ2v) is 12.6. The molecular formula is C48H34N2. The lowest BCUT2D eigenvalue weighted by Crippen LogP contribution is -2.11. The van der Waals surface area contributed by atoms with Crippen LogP contribution < -0.4 is 4.90 Å². The molecule has 0 atom stereocenters. The van der Waals surface area contributed by atoms with E-state index in [2.05, 4.69) is 216 Å². The van der Waals surface area contributed by atoms with Crippen LogP contribution in [-0.4, -0.2) is 4.57 Å². The van der Waals surface area contributed by atoms with E-state index in [-0.39, 0.29) is 0 Å². The second-order valence-electron chi connectivity index (χ2n) is 12.6. The van der Waals surface area contributed by atoms with Gasteiger partial charge in [0.1, 0.15) is 0 Å². The summed E-state index contributed by atoms with van der Waals surface area (Å²) in [5.41, 5.74) is 14.0. The Balaban J connectivity index is 1.17. The topological polar surface area (TPSA) is 8.17 Å². The van der Waals surface area contributed by atoms with Gasteiger partial charge >= 0.3 is 0 Å². The van der Waals surface area contributed by atoms with Crippen molar-refractivity contribution in [3.63, 3.8) is 0 Å². The fourth-order valence-corrected chi connectivity index (χ4v) is 7.28. The van der Waals surface area contributed by atoms with Crippen LogP contribution >= 0.6 is 0 Å². The highest BCUT2D eigenvalue weighted by Gasteiger charge is 2.19. The zero-order valence-corrected chi connectivity index (χ0v) is 27.5. The molecule has 9 rings (SSSR count). The molecule has 1 aromatic heterocycles. The monoisotopic (exact) mass is 638 g/mol. The predicted molar refractivity (Wildman–Crippen MR) is 212 cm³/mol. The minimum absolute atomic E-state index is 1.10. The molecule has 0 fully saturated rings. The van der Waals surface area contributed by atoms with Crippen molar-refractivity contribution in [1.82, 2.24) is 4.57 Å². The molecule has 2 nitrogen and oxygen atoms in total. The summed E-state index contributed by atoms with van der Waals surface area (Å²) in [4.78, 5) is 2.37. The van der Waals surface area contributed by atoms with Gasteiger partial charge in [0.25, 0.3) is 0 Å². The number of fused-ring (bicyclic) bond motifs is 3. The smallest absolute Gasteiger partial charge is 0.0541 e. The van der Waals surface area contributed by atoms with Gasteiger partial charge in [-0.05, 0) is 70.8 Å². The van der Waals surface area contributed by atoms with Crippen LogP contribution in [0, 0.1) is 0 Å². The molecule has 0 bridgehead atoms. The van der Waals surface area contributed by atoms with Crippen LogP contribution in [0.2, 0.25) is 0 Å². The number of para-hydroxylation sites is 4. The van der Waals surface area contributed by atoms with Crippen molar-refractivity contribution in [2.24, 2.45) is 0 Å². The largest absolute Gasteiger partial charge is 0.310 e. The van der Waals surface area contributed by atoms with E-state index in [1.807, 2.05) is 0 Å². The van der Waals surface area contributed by atoms with Gasteiger partial charge in [0, 0.05) is 33.3 Å². The molecule has 2 heteroatoms. The number of rotatable bonds is 7. The molecule has 0 spiro atoms. The molecular weight excluding hydrogens is 605 g/mol. The minimum Gasteiger partial charge on any atom is -0.310 e. The van der Waals surface area contributed by atoms with E-state index in [9.17, 15) is 0 Å². The second kappa shape index (κ2) is 12.8. The lowest BCUT2D eigenvalue weighted by atomic mass is 10.00. The zero-order chi connectivity index (χ0) is 33.3. The normalized spacial score (nSPS) is 11.2. The molecule has 1 heterocycles. The van der Waals surface area contributed by atoms with Gasteiger partial charge in [-0.15, -0.1) is 0 Å². The van der Waals surface area contributed by atoms with Crippen molar-refractivity contribution in [1.29, 1.82) is 0 Å². The zero-order valence-electron chi connectivity index (χ0n) is 27.5. The van der Waals surface area contributed by atoms with E-state index in [1.54, 1.807) is 0 Å². The lowest BCUT2D eigenvalue weighted by Gasteiger charge is -2.28. The summed E-state index contributed by atoms with van der Waals surface area (Å²) >= 11 is 0. The minimum atomic E-state index is 1.10. The molecule has 0 aliphatic rings. The fourth-order valence-electron chi connectivity index (χ4n) is 7.28. The van der Waals surface area contributed by atoms with Gasteiger partial charge in [-0.3, -0.25) is 0 Å². The number of hydrogen-bond acceptors (Lipinski definition) is 1. The SMILES string of the molecule is c1ccc(-c2ccc(N(c3ccc(-c4ccccc4-n4c5ccccc5c5ccccc54)cc3)c3ccccc3-c3ccccc3)cc2)cc1.